The highest BCUT2D eigenvalue weighted by Crippen LogP contribution is 2.53. The van der Waals surface area contributed by atoms with Gasteiger partial charge in [0.15, 0.2) is 0 Å². The normalized spacial score (nSPS) is 15.1. The molecule has 11 rings (SSSR count). The lowest BCUT2D eigenvalue weighted by Gasteiger charge is -2.23. The van der Waals surface area contributed by atoms with Crippen molar-refractivity contribution >= 4 is 43.7 Å². The summed E-state index contributed by atoms with van der Waals surface area (Å²) in [6.07, 6.45) is 0. The van der Waals surface area contributed by atoms with E-state index in [2.05, 4.69) is 160 Å². The Balaban J connectivity index is 1.07. The average Bonchev–Trinajstić information content (AvgIpc) is 3.81. The number of fused-ring (bicyclic) bond motifs is 12. The van der Waals surface area contributed by atoms with E-state index in [4.69, 9.17) is 4.42 Å². The molecule has 2 aliphatic carbocycles. The molecular weight excluding hydrogens is 607 g/mol. The first kappa shape index (κ1) is 28.0. The summed E-state index contributed by atoms with van der Waals surface area (Å²) in [6, 6.07) is 51.9. The molecule has 2 nitrogen and oxygen atoms in total. The number of hydrogen-bond donors (Lipinski definition) is 0. The summed E-state index contributed by atoms with van der Waals surface area (Å²) in [6.45, 7) is 9.50. The molecule has 0 fully saturated rings. The van der Waals surface area contributed by atoms with Crippen molar-refractivity contribution in [3.8, 4) is 39.1 Å². The molecule has 0 saturated carbocycles. The summed E-state index contributed by atoms with van der Waals surface area (Å²) < 4.78 is 8.63. The molecule has 0 unspecified atom stereocenters. The fraction of sp³-hybridized carbons (Fsp3) is 0.125. The zero-order valence-corrected chi connectivity index (χ0v) is 28.6. The van der Waals surface area contributed by atoms with Gasteiger partial charge in [-0.05, 0) is 110 Å². The van der Waals surface area contributed by atoms with E-state index in [-0.39, 0.29) is 10.8 Å². The minimum atomic E-state index is -0.161. The van der Waals surface area contributed by atoms with Crippen LogP contribution in [0.25, 0.3) is 82.8 Å². The standard InChI is InChI=1S/C48H35NO/c1-47(2)39-14-8-5-11-31(39)36-27-44-37(26-42(36)47)34-12-6-9-15-43(34)49(44)30-19-21-33-32-20-17-29(24-40(32)48(3,4)41(33)25-30)28-18-22-46-38(23-28)35-13-7-10-16-45(35)50-46/h5-27H,1-4H3. The summed E-state index contributed by atoms with van der Waals surface area (Å²) in [4.78, 5) is 0. The van der Waals surface area contributed by atoms with Crippen LogP contribution in [0.5, 0.6) is 0 Å². The number of nitrogens with zero attached hydrogens (tertiary/aromatic N) is 1. The van der Waals surface area contributed by atoms with Gasteiger partial charge in [0.1, 0.15) is 11.2 Å². The molecule has 0 bridgehead atoms. The summed E-state index contributed by atoms with van der Waals surface area (Å²) in [5, 5.41) is 4.94. The minimum absolute atomic E-state index is 0.0381. The lowest BCUT2D eigenvalue weighted by molar-refractivity contribution is 0.660. The lowest BCUT2D eigenvalue weighted by atomic mass is 9.81. The molecular formula is C48H35NO. The molecule has 2 heteroatoms. The number of furan rings is 1. The first-order valence-electron chi connectivity index (χ1n) is 17.7. The average molecular weight is 642 g/mol. The van der Waals surface area contributed by atoms with Crippen molar-refractivity contribution in [3.05, 3.63) is 162 Å². The molecule has 0 atom stereocenters. The quantitative estimate of drug-likeness (QED) is 0.184. The molecule has 0 saturated heterocycles. The van der Waals surface area contributed by atoms with E-state index >= 15 is 0 Å². The summed E-state index contributed by atoms with van der Waals surface area (Å²) in [5.74, 6) is 0. The maximum absolute atomic E-state index is 6.13. The molecule has 0 N–H and O–H groups in total. The predicted octanol–water partition coefficient (Wildman–Crippen LogP) is 13.0. The highest BCUT2D eigenvalue weighted by molar-refractivity contribution is 6.11. The summed E-state index contributed by atoms with van der Waals surface area (Å²) in [7, 11) is 0. The van der Waals surface area contributed by atoms with Crippen LogP contribution in [0.1, 0.15) is 49.9 Å². The number of para-hydroxylation sites is 2. The van der Waals surface area contributed by atoms with Gasteiger partial charge in [0.2, 0.25) is 0 Å². The van der Waals surface area contributed by atoms with E-state index in [1.807, 2.05) is 12.1 Å². The third-order valence-electron chi connectivity index (χ3n) is 12.0. The van der Waals surface area contributed by atoms with Crippen molar-refractivity contribution in [2.24, 2.45) is 0 Å². The Labute approximate surface area is 291 Å². The van der Waals surface area contributed by atoms with Crippen molar-refractivity contribution in [2.45, 2.75) is 38.5 Å². The van der Waals surface area contributed by atoms with Gasteiger partial charge < -0.3 is 8.98 Å². The van der Waals surface area contributed by atoms with Gasteiger partial charge in [-0.25, -0.2) is 0 Å². The summed E-state index contributed by atoms with van der Waals surface area (Å²) in [5.41, 5.74) is 18.7. The van der Waals surface area contributed by atoms with Crippen LogP contribution in [0.2, 0.25) is 0 Å². The molecule has 0 amide bonds. The molecule has 2 aromatic heterocycles. The maximum atomic E-state index is 6.13. The van der Waals surface area contributed by atoms with Crippen LogP contribution in [0.15, 0.2) is 144 Å². The van der Waals surface area contributed by atoms with Gasteiger partial charge in [-0.3, -0.25) is 0 Å². The van der Waals surface area contributed by atoms with E-state index in [0.717, 1.165) is 21.9 Å². The van der Waals surface area contributed by atoms with Gasteiger partial charge >= 0.3 is 0 Å². The number of rotatable bonds is 2. The number of benzene rings is 7. The first-order chi connectivity index (χ1) is 24.3. The molecule has 2 heterocycles. The van der Waals surface area contributed by atoms with Crippen molar-refractivity contribution < 1.29 is 4.42 Å². The molecule has 9 aromatic rings. The van der Waals surface area contributed by atoms with E-state index in [9.17, 15) is 0 Å². The third-order valence-corrected chi connectivity index (χ3v) is 12.0. The highest BCUT2D eigenvalue weighted by Gasteiger charge is 2.38. The maximum Gasteiger partial charge on any atom is 0.135 e. The van der Waals surface area contributed by atoms with Crippen LogP contribution >= 0.6 is 0 Å². The SMILES string of the molecule is CC1(C)c2cc(-c3ccc4oc5ccccc5c4c3)ccc2-c2ccc(-n3c4ccccc4c4cc5c(cc43)-c3ccccc3C5(C)C)cc21. The largest absolute Gasteiger partial charge is 0.456 e. The number of hydrogen-bond acceptors (Lipinski definition) is 1. The third kappa shape index (κ3) is 3.53. The van der Waals surface area contributed by atoms with E-state index in [1.165, 1.54) is 83.1 Å². The predicted molar refractivity (Wildman–Crippen MR) is 209 cm³/mol. The van der Waals surface area contributed by atoms with Crippen molar-refractivity contribution in [1.29, 1.82) is 0 Å². The molecule has 238 valence electrons. The van der Waals surface area contributed by atoms with E-state index in [0.29, 0.717) is 0 Å². The topological polar surface area (TPSA) is 18.1 Å². The van der Waals surface area contributed by atoms with E-state index in [1.54, 1.807) is 0 Å². The monoisotopic (exact) mass is 641 g/mol. The van der Waals surface area contributed by atoms with Crippen molar-refractivity contribution in [1.82, 2.24) is 4.57 Å². The van der Waals surface area contributed by atoms with Crippen LogP contribution in [0.3, 0.4) is 0 Å². The fourth-order valence-electron chi connectivity index (χ4n) is 9.39. The van der Waals surface area contributed by atoms with Crippen LogP contribution in [0.4, 0.5) is 0 Å². The molecule has 0 spiro atoms. The Kier molecular flexibility index (Phi) is 5.28. The second-order valence-corrected chi connectivity index (χ2v) is 15.4. The van der Waals surface area contributed by atoms with Gasteiger partial charge in [0.25, 0.3) is 0 Å². The van der Waals surface area contributed by atoms with Crippen LogP contribution in [0, 0.1) is 0 Å². The van der Waals surface area contributed by atoms with Crippen LogP contribution in [-0.2, 0) is 10.8 Å². The Bertz CT molecular complexity index is 2930. The molecule has 0 radical (unpaired) electrons. The van der Waals surface area contributed by atoms with Gasteiger partial charge in [-0.2, -0.15) is 0 Å². The van der Waals surface area contributed by atoms with Crippen LogP contribution in [-0.4, -0.2) is 4.57 Å². The second kappa shape index (κ2) is 9.43. The van der Waals surface area contributed by atoms with Crippen LogP contribution < -0.4 is 0 Å². The minimum Gasteiger partial charge on any atom is -0.456 e. The Morgan fingerprint density at radius 2 is 1.02 bits per heavy atom. The fourth-order valence-corrected chi connectivity index (χ4v) is 9.39. The second-order valence-electron chi connectivity index (χ2n) is 15.4. The Morgan fingerprint density at radius 3 is 1.90 bits per heavy atom. The smallest absolute Gasteiger partial charge is 0.135 e. The van der Waals surface area contributed by atoms with Gasteiger partial charge in [-0.15, -0.1) is 0 Å². The first-order valence-corrected chi connectivity index (χ1v) is 17.7. The zero-order valence-electron chi connectivity index (χ0n) is 28.6. The lowest BCUT2D eigenvalue weighted by Crippen LogP contribution is -2.15. The van der Waals surface area contributed by atoms with Gasteiger partial charge in [0, 0.05) is 38.1 Å². The van der Waals surface area contributed by atoms with Crippen molar-refractivity contribution in [2.75, 3.05) is 0 Å². The van der Waals surface area contributed by atoms with Gasteiger partial charge in [0.05, 0.1) is 11.0 Å². The van der Waals surface area contributed by atoms with E-state index < -0.39 is 0 Å². The highest BCUT2D eigenvalue weighted by atomic mass is 16.3. The summed E-state index contributed by atoms with van der Waals surface area (Å²) >= 11 is 0. The molecule has 50 heavy (non-hydrogen) atoms. The number of aromatic nitrogens is 1. The van der Waals surface area contributed by atoms with Crippen molar-refractivity contribution in [3.63, 3.8) is 0 Å². The Morgan fingerprint density at radius 1 is 0.400 bits per heavy atom. The molecule has 0 aliphatic heterocycles. The zero-order chi connectivity index (χ0) is 33.5. The molecule has 7 aromatic carbocycles. The van der Waals surface area contributed by atoms with Gasteiger partial charge in [-0.1, -0.05) is 113 Å². The molecule has 2 aliphatic rings. The Hall–Kier alpha value is -5.86.